The Morgan fingerprint density at radius 2 is 1.76 bits per heavy atom. The van der Waals surface area contributed by atoms with Gasteiger partial charge in [-0.3, -0.25) is 0 Å². The molecule has 0 aliphatic carbocycles. The zero-order valence-electron chi connectivity index (χ0n) is 23.0. The number of hydrogen-bond acceptors (Lipinski definition) is 6. The highest BCUT2D eigenvalue weighted by atomic mass is 28.3. The molecule has 1 fully saturated rings. The van der Waals surface area contributed by atoms with Crippen LogP contribution in [0.2, 0.25) is 25.7 Å². The van der Waals surface area contributed by atoms with Crippen molar-refractivity contribution >= 4 is 20.2 Å². The van der Waals surface area contributed by atoms with Gasteiger partial charge >= 0.3 is 12.3 Å². The van der Waals surface area contributed by atoms with Crippen LogP contribution in [0.5, 0.6) is 5.75 Å². The lowest BCUT2D eigenvalue weighted by atomic mass is 9.97. The molecule has 1 N–H and O–H groups in total. The van der Waals surface area contributed by atoms with Gasteiger partial charge in [-0.25, -0.2) is 4.79 Å². The number of alkyl halides is 3. The Bertz CT molecular complexity index is 941. The number of hydrogen-bond donors (Lipinski definition) is 1. The number of amides is 1. The number of rotatable bonds is 9. The van der Waals surface area contributed by atoms with Crippen molar-refractivity contribution in [2.45, 2.75) is 83.4 Å². The fraction of sp³-hybridized carbons (Fsp3) is 0.654. The quantitative estimate of drug-likeness (QED) is 0.217. The number of benzene rings is 1. The molecule has 1 aliphatic rings. The summed E-state index contributed by atoms with van der Waals surface area (Å²) in [4.78, 5) is 12.5. The van der Waals surface area contributed by atoms with E-state index in [1.807, 2.05) is 0 Å². The number of nitrogens with one attached hydrogen (secondary N) is 1. The average molecular weight is 548 g/mol. The van der Waals surface area contributed by atoms with Crippen molar-refractivity contribution in [1.82, 2.24) is 5.32 Å². The van der Waals surface area contributed by atoms with Crippen molar-refractivity contribution in [3.05, 3.63) is 35.4 Å². The van der Waals surface area contributed by atoms with E-state index in [0.717, 1.165) is 12.1 Å². The van der Waals surface area contributed by atoms with Crippen LogP contribution in [0.15, 0.2) is 24.3 Å². The highest BCUT2D eigenvalue weighted by molar-refractivity contribution is 6.76. The van der Waals surface area contributed by atoms with E-state index >= 15 is 0 Å². The van der Waals surface area contributed by atoms with Gasteiger partial charge in [0.1, 0.15) is 16.9 Å². The average Bonchev–Trinajstić information content (AvgIpc) is 2.72. The van der Waals surface area contributed by atoms with Gasteiger partial charge in [-0.15, -0.1) is 0 Å². The van der Waals surface area contributed by atoms with E-state index in [1.54, 1.807) is 40.7 Å². The van der Waals surface area contributed by atoms with Gasteiger partial charge in [0.25, 0.3) is 0 Å². The summed E-state index contributed by atoms with van der Waals surface area (Å²) in [5, 5.41) is 2.74. The summed E-state index contributed by atoms with van der Waals surface area (Å²) in [5.41, 5.74) is -2.54. The molecule has 0 spiro atoms. The van der Waals surface area contributed by atoms with Crippen molar-refractivity contribution < 1.29 is 41.7 Å². The van der Waals surface area contributed by atoms with Gasteiger partial charge in [-0.2, -0.15) is 13.2 Å². The van der Waals surface area contributed by atoms with E-state index in [-0.39, 0.29) is 31.3 Å². The third-order valence-corrected chi connectivity index (χ3v) is 7.01. The topological polar surface area (TPSA) is 75.3 Å². The Labute approximate surface area is 218 Å². The minimum Gasteiger partial charge on any atom is -0.467 e. The van der Waals surface area contributed by atoms with Crippen LogP contribution in [0.3, 0.4) is 0 Å². The number of halogens is 3. The lowest BCUT2D eigenvalue weighted by molar-refractivity contribution is -0.263. The summed E-state index contributed by atoms with van der Waals surface area (Å²) in [7, 11) is -1.32. The third kappa shape index (κ3) is 11.1. The lowest BCUT2D eigenvalue weighted by Gasteiger charge is -2.42. The van der Waals surface area contributed by atoms with Crippen molar-refractivity contribution in [3.63, 3.8) is 0 Å². The van der Waals surface area contributed by atoms with Gasteiger partial charge in [0.15, 0.2) is 12.6 Å². The second kappa shape index (κ2) is 11.8. The van der Waals surface area contributed by atoms with Crippen LogP contribution in [0, 0.1) is 0 Å². The molecule has 1 saturated heterocycles. The van der Waals surface area contributed by atoms with Gasteiger partial charge in [0.2, 0.25) is 0 Å². The monoisotopic (exact) mass is 547 g/mol. The highest BCUT2D eigenvalue weighted by Gasteiger charge is 2.41. The van der Waals surface area contributed by atoms with Crippen LogP contribution >= 0.6 is 0 Å². The summed E-state index contributed by atoms with van der Waals surface area (Å²) in [6.07, 6.45) is -2.29. The molecule has 11 heteroatoms. The Balaban J connectivity index is 2.21. The first-order chi connectivity index (χ1) is 16.8. The smallest absolute Gasteiger partial charge is 0.419 e. The molecule has 1 aromatic rings. The standard InChI is InChI=1S/C26H40F3NO6Si/c1-23(2,3)36-22(31)30-25(16-34-24(4,5)35-17-25)12-11-19-9-10-21(20(15-19)26(27,28)29)33-18-32-13-14-37(6,7)8/h9-12,15H,13-14,16-18H2,1-8H3,(H,30,31)/b12-11+. The maximum Gasteiger partial charge on any atom is 0.419 e. The van der Waals surface area contributed by atoms with Gasteiger partial charge in [0, 0.05) is 14.7 Å². The van der Waals surface area contributed by atoms with E-state index in [4.69, 9.17) is 23.7 Å². The number of carbonyl (C=O) groups is 1. The summed E-state index contributed by atoms with van der Waals surface area (Å²) in [6, 6.07) is 4.63. The summed E-state index contributed by atoms with van der Waals surface area (Å²) in [6.45, 7) is 15.5. The maximum absolute atomic E-state index is 13.8. The van der Waals surface area contributed by atoms with Gasteiger partial charge < -0.3 is 29.0 Å². The molecule has 0 unspecified atom stereocenters. The Morgan fingerprint density at radius 3 is 2.30 bits per heavy atom. The summed E-state index contributed by atoms with van der Waals surface area (Å²) >= 11 is 0. The maximum atomic E-state index is 13.8. The van der Waals surface area contributed by atoms with E-state index in [9.17, 15) is 18.0 Å². The van der Waals surface area contributed by atoms with Crippen LogP contribution in [0.4, 0.5) is 18.0 Å². The molecule has 1 heterocycles. The number of carbonyl (C=O) groups excluding carboxylic acids is 1. The first-order valence-corrected chi connectivity index (χ1v) is 15.9. The normalized spacial score (nSPS) is 18.0. The molecule has 1 aromatic carbocycles. The molecule has 37 heavy (non-hydrogen) atoms. The van der Waals surface area contributed by atoms with Gasteiger partial charge in [-0.1, -0.05) is 37.9 Å². The Hall–Kier alpha value is -2.08. The van der Waals surface area contributed by atoms with Crippen molar-refractivity contribution in [3.8, 4) is 5.75 Å². The van der Waals surface area contributed by atoms with Gasteiger partial charge in [-0.05, 0) is 58.4 Å². The molecule has 7 nitrogen and oxygen atoms in total. The van der Waals surface area contributed by atoms with E-state index in [2.05, 4.69) is 25.0 Å². The minimum atomic E-state index is -4.63. The molecule has 0 saturated carbocycles. The zero-order valence-corrected chi connectivity index (χ0v) is 24.0. The number of ether oxygens (including phenoxy) is 5. The minimum absolute atomic E-state index is 0.0395. The molecule has 0 aromatic heterocycles. The second-order valence-electron chi connectivity index (χ2n) is 11.8. The molecule has 2 rings (SSSR count). The van der Waals surface area contributed by atoms with Crippen molar-refractivity contribution in [1.29, 1.82) is 0 Å². The van der Waals surface area contributed by atoms with Crippen molar-refractivity contribution in [2.24, 2.45) is 0 Å². The van der Waals surface area contributed by atoms with Crippen LogP contribution in [0.25, 0.3) is 6.08 Å². The first kappa shape index (κ1) is 31.1. The summed E-state index contributed by atoms with van der Waals surface area (Å²) < 4.78 is 68.9. The largest absolute Gasteiger partial charge is 0.467 e. The molecule has 0 bridgehead atoms. The molecule has 1 amide bonds. The molecule has 0 radical (unpaired) electrons. The molecule has 210 valence electrons. The third-order valence-electron chi connectivity index (χ3n) is 5.30. The van der Waals surface area contributed by atoms with E-state index in [1.165, 1.54) is 18.2 Å². The molecule has 1 aliphatic heterocycles. The van der Waals surface area contributed by atoms with Crippen LogP contribution in [-0.4, -0.2) is 57.7 Å². The fourth-order valence-corrected chi connectivity index (χ4v) is 3.96. The zero-order chi connectivity index (χ0) is 28.1. The second-order valence-corrected chi connectivity index (χ2v) is 17.4. The number of alkyl carbamates (subject to hydrolysis) is 1. The van der Waals surface area contributed by atoms with E-state index in [0.29, 0.717) is 6.61 Å². The molecular formula is C26H40F3NO6Si. The lowest BCUT2D eigenvalue weighted by Crippen LogP contribution is -2.60. The highest BCUT2D eigenvalue weighted by Crippen LogP contribution is 2.37. The predicted molar refractivity (Wildman–Crippen MR) is 138 cm³/mol. The van der Waals surface area contributed by atoms with Gasteiger partial charge in [0.05, 0.1) is 18.8 Å². The van der Waals surface area contributed by atoms with Crippen molar-refractivity contribution in [2.75, 3.05) is 26.6 Å². The first-order valence-electron chi connectivity index (χ1n) is 12.2. The van der Waals surface area contributed by atoms with Crippen LogP contribution in [-0.2, 0) is 25.1 Å². The Kier molecular flexibility index (Phi) is 9.89. The summed E-state index contributed by atoms with van der Waals surface area (Å²) in [5.74, 6) is -1.18. The molecule has 0 atom stereocenters. The Morgan fingerprint density at radius 1 is 1.14 bits per heavy atom. The predicted octanol–water partition coefficient (Wildman–Crippen LogP) is 6.46. The fourth-order valence-electron chi connectivity index (χ4n) is 3.20. The van der Waals surface area contributed by atoms with E-state index < -0.39 is 42.8 Å². The SMILES string of the molecule is CC(C)(C)OC(=O)NC1(/C=C/c2ccc(OCOCC[Si](C)(C)C)c(C(F)(F)F)c2)COC(C)(C)OC1. The molecular weight excluding hydrogens is 507 g/mol. The van der Waals surface area contributed by atoms with Crippen LogP contribution < -0.4 is 10.1 Å². The van der Waals surface area contributed by atoms with Crippen LogP contribution in [0.1, 0.15) is 45.7 Å².